The van der Waals surface area contributed by atoms with Gasteiger partial charge >= 0.3 is 6.16 Å². The van der Waals surface area contributed by atoms with Gasteiger partial charge in [0.2, 0.25) is 0 Å². The fourth-order valence-electron chi connectivity index (χ4n) is 1.54. The Kier molecular flexibility index (Phi) is 5.89. The van der Waals surface area contributed by atoms with E-state index in [0.29, 0.717) is 12.5 Å². The molecule has 0 aromatic carbocycles. The average Bonchev–Trinajstić information content (AvgIpc) is 2.03. The van der Waals surface area contributed by atoms with Gasteiger partial charge in [-0.3, -0.25) is 0 Å². The molecule has 1 rings (SSSR count). The summed E-state index contributed by atoms with van der Waals surface area (Å²) in [6, 6.07) is 0. The van der Waals surface area contributed by atoms with E-state index in [9.17, 15) is 4.79 Å². The highest BCUT2D eigenvalue weighted by atomic mass is 35.5. The summed E-state index contributed by atoms with van der Waals surface area (Å²) in [5.74, 6) is 0.486. The summed E-state index contributed by atoms with van der Waals surface area (Å²) >= 11 is 0. The van der Waals surface area contributed by atoms with E-state index in [1.807, 2.05) is 0 Å². The molecular formula is C8H15ClO3. The number of carboxylic acid groups (broad SMARTS) is 1. The molecule has 0 saturated heterocycles. The van der Waals surface area contributed by atoms with Gasteiger partial charge in [0.25, 0.3) is 0 Å². The van der Waals surface area contributed by atoms with E-state index in [-0.39, 0.29) is 12.4 Å². The third kappa shape index (κ3) is 4.44. The molecule has 0 aromatic rings. The molecule has 1 saturated carbocycles. The fraction of sp³-hybridized carbons (Fsp3) is 0.875. The van der Waals surface area contributed by atoms with Crippen LogP contribution >= 0.6 is 12.4 Å². The topological polar surface area (TPSA) is 46.5 Å². The molecule has 1 aliphatic carbocycles. The van der Waals surface area contributed by atoms with Crippen molar-refractivity contribution in [2.45, 2.75) is 32.1 Å². The summed E-state index contributed by atoms with van der Waals surface area (Å²) in [7, 11) is 0. The van der Waals surface area contributed by atoms with Crippen LogP contribution in [0.2, 0.25) is 0 Å². The smallest absolute Gasteiger partial charge is 0.450 e. The van der Waals surface area contributed by atoms with Crippen LogP contribution in [0.3, 0.4) is 0 Å². The lowest BCUT2D eigenvalue weighted by Gasteiger charge is -2.19. The third-order valence-corrected chi connectivity index (χ3v) is 2.17. The quantitative estimate of drug-likeness (QED) is 0.688. The summed E-state index contributed by atoms with van der Waals surface area (Å²) < 4.78 is 4.50. The predicted octanol–water partition coefficient (Wildman–Crippen LogP) is 2.68. The van der Waals surface area contributed by atoms with Gasteiger partial charge in [0.05, 0.1) is 6.61 Å². The Hall–Kier alpha value is -0.440. The number of ether oxygens (including phenoxy) is 1. The number of hydrogen-bond donors (Lipinski definition) is 1. The first-order chi connectivity index (χ1) is 5.29. The first-order valence-electron chi connectivity index (χ1n) is 4.15. The van der Waals surface area contributed by atoms with E-state index < -0.39 is 6.16 Å². The molecule has 1 aliphatic rings. The molecule has 0 aliphatic heterocycles. The molecule has 0 radical (unpaired) electrons. The van der Waals surface area contributed by atoms with Crippen LogP contribution in [-0.4, -0.2) is 17.9 Å². The van der Waals surface area contributed by atoms with Crippen molar-refractivity contribution >= 4 is 18.6 Å². The Morgan fingerprint density at radius 2 is 1.92 bits per heavy atom. The molecule has 1 fully saturated rings. The first-order valence-corrected chi connectivity index (χ1v) is 4.15. The SMILES string of the molecule is Cl.O=C(O)OCC1CCCCC1. The Bertz CT molecular complexity index is 132. The van der Waals surface area contributed by atoms with Crippen molar-refractivity contribution in [1.82, 2.24) is 0 Å². The summed E-state index contributed by atoms with van der Waals surface area (Å²) in [4.78, 5) is 10.0. The Balaban J connectivity index is 0.00000121. The molecule has 3 nitrogen and oxygen atoms in total. The van der Waals surface area contributed by atoms with Gasteiger partial charge in [-0.1, -0.05) is 19.3 Å². The van der Waals surface area contributed by atoms with Gasteiger partial charge in [-0.2, -0.15) is 0 Å². The molecule has 4 heteroatoms. The van der Waals surface area contributed by atoms with Gasteiger partial charge in [-0.25, -0.2) is 4.79 Å². The molecule has 12 heavy (non-hydrogen) atoms. The second kappa shape index (κ2) is 6.12. The normalized spacial score (nSPS) is 18.0. The zero-order valence-corrected chi connectivity index (χ0v) is 7.81. The highest BCUT2D eigenvalue weighted by Gasteiger charge is 2.14. The van der Waals surface area contributed by atoms with Crippen molar-refractivity contribution in [1.29, 1.82) is 0 Å². The first kappa shape index (κ1) is 11.6. The molecule has 0 amide bonds. The minimum Gasteiger partial charge on any atom is -0.450 e. The number of hydrogen-bond acceptors (Lipinski definition) is 2. The lowest BCUT2D eigenvalue weighted by molar-refractivity contribution is 0.0702. The predicted molar refractivity (Wildman–Crippen MR) is 47.8 cm³/mol. The zero-order valence-electron chi connectivity index (χ0n) is 6.99. The van der Waals surface area contributed by atoms with Crippen LogP contribution in [0.25, 0.3) is 0 Å². The molecule has 0 atom stereocenters. The van der Waals surface area contributed by atoms with E-state index in [1.54, 1.807) is 0 Å². The minimum atomic E-state index is -1.14. The summed E-state index contributed by atoms with van der Waals surface area (Å²) in [5, 5.41) is 8.22. The van der Waals surface area contributed by atoms with Crippen molar-refractivity contribution in [3.05, 3.63) is 0 Å². The van der Waals surface area contributed by atoms with Gasteiger partial charge in [-0.05, 0) is 18.8 Å². The third-order valence-electron chi connectivity index (χ3n) is 2.17. The second-order valence-electron chi connectivity index (χ2n) is 3.08. The van der Waals surface area contributed by atoms with Gasteiger partial charge in [0.15, 0.2) is 0 Å². The van der Waals surface area contributed by atoms with E-state index in [4.69, 9.17) is 5.11 Å². The standard InChI is InChI=1S/C8H14O3.ClH/c9-8(10)11-6-7-4-2-1-3-5-7;/h7H,1-6H2,(H,9,10);1H. The number of carbonyl (C=O) groups is 1. The minimum absolute atomic E-state index is 0. The zero-order chi connectivity index (χ0) is 8.10. The molecule has 0 aromatic heterocycles. The Morgan fingerprint density at radius 1 is 1.33 bits per heavy atom. The monoisotopic (exact) mass is 194 g/mol. The van der Waals surface area contributed by atoms with Crippen LogP contribution < -0.4 is 0 Å². The van der Waals surface area contributed by atoms with Crippen molar-refractivity contribution in [3.8, 4) is 0 Å². The maximum atomic E-state index is 10.0. The van der Waals surface area contributed by atoms with E-state index in [0.717, 1.165) is 12.8 Å². The van der Waals surface area contributed by atoms with Crippen LogP contribution in [0.15, 0.2) is 0 Å². The molecule has 0 heterocycles. The molecule has 0 spiro atoms. The second-order valence-corrected chi connectivity index (χ2v) is 3.08. The van der Waals surface area contributed by atoms with Crippen LogP contribution in [0.4, 0.5) is 4.79 Å². The summed E-state index contributed by atoms with van der Waals surface area (Å²) in [6.45, 7) is 0.398. The van der Waals surface area contributed by atoms with Crippen LogP contribution in [0.1, 0.15) is 32.1 Å². The van der Waals surface area contributed by atoms with Crippen LogP contribution in [0.5, 0.6) is 0 Å². The molecular weight excluding hydrogens is 180 g/mol. The maximum Gasteiger partial charge on any atom is 0.505 e. The van der Waals surface area contributed by atoms with Gasteiger partial charge in [0.1, 0.15) is 0 Å². The van der Waals surface area contributed by atoms with Crippen LogP contribution in [0, 0.1) is 5.92 Å². The molecule has 72 valence electrons. The number of rotatable bonds is 2. The Morgan fingerprint density at radius 3 is 2.42 bits per heavy atom. The highest BCUT2D eigenvalue weighted by Crippen LogP contribution is 2.23. The molecule has 0 bridgehead atoms. The average molecular weight is 195 g/mol. The van der Waals surface area contributed by atoms with Gasteiger partial charge in [0, 0.05) is 0 Å². The van der Waals surface area contributed by atoms with E-state index in [2.05, 4.69) is 4.74 Å². The van der Waals surface area contributed by atoms with Gasteiger partial charge in [-0.15, -0.1) is 12.4 Å². The van der Waals surface area contributed by atoms with Crippen molar-refractivity contribution in [2.75, 3.05) is 6.61 Å². The van der Waals surface area contributed by atoms with Gasteiger partial charge < -0.3 is 9.84 Å². The van der Waals surface area contributed by atoms with Crippen LogP contribution in [-0.2, 0) is 4.74 Å². The molecule has 1 N–H and O–H groups in total. The summed E-state index contributed by atoms with van der Waals surface area (Å²) in [5.41, 5.74) is 0. The molecule has 0 unspecified atom stereocenters. The number of halogens is 1. The van der Waals surface area contributed by atoms with E-state index in [1.165, 1.54) is 19.3 Å². The lowest BCUT2D eigenvalue weighted by atomic mass is 9.90. The largest absolute Gasteiger partial charge is 0.505 e. The van der Waals surface area contributed by atoms with E-state index >= 15 is 0 Å². The summed E-state index contributed by atoms with van der Waals surface area (Å²) in [6.07, 6.45) is 4.88. The highest BCUT2D eigenvalue weighted by molar-refractivity contribution is 5.85. The van der Waals surface area contributed by atoms with Crippen molar-refractivity contribution < 1.29 is 14.6 Å². The lowest BCUT2D eigenvalue weighted by Crippen LogP contribution is -2.15. The maximum absolute atomic E-state index is 10.0. The fourth-order valence-corrected chi connectivity index (χ4v) is 1.54. The van der Waals surface area contributed by atoms with Crippen molar-refractivity contribution in [2.24, 2.45) is 5.92 Å². The Labute approximate surface area is 78.5 Å². The van der Waals surface area contributed by atoms with Crippen molar-refractivity contribution in [3.63, 3.8) is 0 Å².